The fourth-order valence-electron chi connectivity index (χ4n) is 4.28. The molecule has 0 bridgehead atoms. The van der Waals surface area contributed by atoms with E-state index in [0.29, 0.717) is 12.6 Å². The SMILES string of the molecule is CC(C)n1c(CN2CCO[C@H](c3cccc(Nc4ccccn4)n3)C2)nc2ccccc21. The molecule has 4 aromatic rings. The van der Waals surface area contributed by atoms with Gasteiger partial charge in [-0.25, -0.2) is 15.0 Å². The van der Waals surface area contributed by atoms with Gasteiger partial charge in [-0.3, -0.25) is 4.90 Å². The number of nitrogens with zero attached hydrogens (tertiary/aromatic N) is 5. The average Bonchev–Trinajstić information content (AvgIpc) is 3.18. The predicted octanol–water partition coefficient (Wildman–Crippen LogP) is 4.72. The summed E-state index contributed by atoms with van der Waals surface area (Å²) in [7, 11) is 0. The molecule has 0 radical (unpaired) electrons. The molecule has 1 aromatic carbocycles. The van der Waals surface area contributed by atoms with Crippen LogP contribution in [0.25, 0.3) is 11.0 Å². The van der Waals surface area contributed by atoms with E-state index in [-0.39, 0.29) is 6.10 Å². The molecular weight excluding hydrogens is 400 g/mol. The third kappa shape index (κ3) is 4.35. The highest BCUT2D eigenvalue weighted by atomic mass is 16.5. The Morgan fingerprint density at radius 1 is 1.00 bits per heavy atom. The van der Waals surface area contributed by atoms with E-state index in [1.807, 2.05) is 42.5 Å². The van der Waals surface area contributed by atoms with Crippen LogP contribution in [0.1, 0.15) is 37.5 Å². The lowest BCUT2D eigenvalue weighted by Crippen LogP contribution is -2.38. The zero-order valence-electron chi connectivity index (χ0n) is 18.5. The molecule has 1 aliphatic rings. The van der Waals surface area contributed by atoms with Crippen LogP contribution in [0.5, 0.6) is 0 Å². The van der Waals surface area contributed by atoms with E-state index >= 15 is 0 Å². The van der Waals surface area contributed by atoms with Gasteiger partial charge in [-0.1, -0.05) is 24.3 Å². The van der Waals surface area contributed by atoms with Crippen molar-refractivity contribution in [2.45, 2.75) is 32.5 Å². The summed E-state index contributed by atoms with van der Waals surface area (Å²) in [5, 5.41) is 3.26. The second-order valence-electron chi connectivity index (χ2n) is 8.36. The summed E-state index contributed by atoms with van der Waals surface area (Å²) >= 11 is 0. The van der Waals surface area contributed by atoms with Crippen LogP contribution in [0.2, 0.25) is 0 Å². The van der Waals surface area contributed by atoms with Crippen LogP contribution < -0.4 is 5.32 Å². The van der Waals surface area contributed by atoms with Crippen LogP contribution in [0, 0.1) is 0 Å². The van der Waals surface area contributed by atoms with E-state index in [1.165, 1.54) is 5.52 Å². The van der Waals surface area contributed by atoms with Crippen LogP contribution in [-0.4, -0.2) is 44.1 Å². The second kappa shape index (κ2) is 9.06. The molecule has 4 heterocycles. The van der Waals surface area contributed by atoms with Gasteiger partial charge in [0.25, 0.3) is 0 Å². The van der Waals surface area contributed by atoms with Gasteiger partial charge in [0.1, 0.15) is 23.6 Å². The molecule has 7 nitrogen and oxygen atoms in total. The first-order valence-electron chi connectivity index (χ1n) is 11.1. The molecule has 7 heteroatoms. The zero-order chi connectivity index (χ0) is 21.9. The Bertz CT molecular complexity index is 1190. The molecule has 0 aliphatic carbocycles. The Morgan fingerprint density at radius 3 is 2.69 bits per heavy atom. The monoisotopic (exact) mass is 428 g/mol. The van der Waals surface area contributed by atoms with E-state index in [2.05, 4.69) is 51.8 Å². The van der Waals surface area contributed by atoms with Crippen LogP contribution in [0.3, 0.4) is 0 Å². The van der Waals surface area contributed by atoms with Gasteiger partial charge in [-0.15, -0.1) is 0 Å². The van der Waals surface area contributed by atoms with Gasteiger partial charge in [0.2, 0.25) is 0 Å². The summed E-state index contributed by atoms with van der Waals surface area (Å²) in [5.41, 5.74) is 3.17. The zero-order valence-corrected chi connectivity index (χ0v) is 18.5. The summed E-state index contributed by atoms with van der Waals surface area (Å²) in [4.78, 5) is 16.5. The third-order valence-electron chi connectivity index (χ3n) is 5.72. The van der Waals surface area contributed by atoms with Crippen LogP contribution in [0.4, 0.5) is 11.6 Å². The Labute approximate surface area is 188 Å². The molecule has 1 aliphatic heterocycles. The minimum atomic E-state index is -0.0777. The van der Waals surface area contributed by atoms with Crippen molar-refractivity contribution >= 4 is 22.7 Å². The molecular formula is C25H28N6O. The molecule has 0 saturated carbocycles. The molecule has 1 saturated heterocycles. The average molecular weight is 429 g/mol. The van der Waals surface area contributed by atoms with Gasteiger partial charge in [-0.05, 0) is 50.2 Å². The number of imidazole rings is 1. The van der Waals surface area contributed by atoms with Gasteiger partial charge < -0.3 is 14.6 Å². The minimum absolute atomic E-state index is 0.0777. The molecule has 5 rings (SSSR count). The number of nitrogens with one attached hydrogen (secondary N) is 1. The van der Waals surface area contributed by atoms with Crippen LogP contribution in [-0.2, 0) is 11.3 Å². The molecule has 0 unspecified atom stereocenters. The van der Waals surface area contributed by atoms with E-state index < -0.39 is 0 Å². The number of rotatable bonds is 6. The molecule has 1 N–H and O–H groups in total. The second-order valence-corrected chi connectivity index (χ2v) is 8.36. The summed E-state index contributed by atoms with van der Waals surface area (Å²) in [5.74, 6) is 2.64. The lowest BCUT2D eigenvalue weighted by Gasteiger charge is -2.32. The quantitative estimate of drug-likeness (QED) is 0.479. The minimum Gasteiger partial charge on any atom is -0.369 e. The summed E-state index contributed by atoms with van der Waals surface area (Å²) in [6.45, 7) is 7.54. The highest BCUT2D eigenvalue weighted by Gasteiger charge is 2.25. The van der Waals surface area contributed by atoms with E-state index in [0.717, 1.165) is 48.3 Å². The number of pyridine rings is 2. The number of morpholine rings is 1. The maximum atomic E-state index is 6.10. The van der Waals surface area contributed by atoms with Crippen molar-refractivity contribution in [1.29, 1.82) is 0 Å². The lowest BCUT2D eigenvalue weighted by molar-refractivity contribution is -0.0359. The van der Waals surface area contributed by atoms with E-state index in [9.17, 15) is 0 Å². The topological polar surface area (TPSA) is 68.1 Å². The predicted molar refractivity (Wildman–Crippen MR) is 126 cm³/mol. The fourth-order valence-corrected chi connectivity index (χ4v) is 4.28. The molecule has 0 spiro atoms. The van der Waals surface area contributed by atoms with Gasteiger partial charge >= 0.3 is 0 Å². The van der Waals surface area contributed by atoms with Crippen molar-refractivity contribution in [2.75, 3.05) is 25.0 Å². The number of aromatic nitrogens is 4. The first-order valence-corrected chi connectivity index (χ1v) is 11.1. The van der Waals surface area contributed by atoms with Crippen molar-refractivity contribution < 1.29 is 4.74 Å². The largest absolute Gasteiger partial charge is 0.369 e. The third-order valence-corrected chi connectivity index (χ3v) is 5.72. The lowest BCUT2D eigenvalue weighted by atomic mass is 10.2. The highest BCUT2D eigenvalue weighted by Crippen LogP contribution is 2.26. The van der Waals surface area contributed by atoms with Crippen LogP contribution >= 0.6 is 0 Å². The standard InChI is InChI=1S/C25H28N6O/c1-18(2)31-21-10-4-3-8-19(21)28-25(31)17-30-14-15-32-22(16-30)20-9-7-12-24(27-20)29-23-11-5-6-13-26-23/h3-13,18,22H,14-17H2,1-2H3,(H,26,27,29)/t22-/m0/s1. The van der Waals surface area contributed by atoms with Gasteiger partial charge in [0.05, 0.1) is 29.9 Å². The van der Waals surface area contributed by atoms with E-state index in [1.54, 1.807) is 6.20 Å². The first kappa shape index (κ1) is 20.6. The number of benzene rings is 1. The van der Waals surface area contributed by atoms with Crippen molar-refractivity contribution in [3.8, 4) is 0 Å². The maximum Gasteiger partial charge on any atom is 0.131 e. The Hall–Kier alpha value is -3.29. The number of hydrogen-bond donors (Lipinski definition) is 1. The van der Waals surface area contributed by atoms with Crippen molar-refractivity contribution in [1.82, 2.24) is 24.4 Å². The number of ether oxygens (including phenoxy) is 1. The number of fused-ring (bicyclic) bond motifs is 1. The van der Waals surface area contributed by atoms with Crippen molar-refractivity contribution in [2.24, 2.45) is 0 Å². The maximum absolute atomic E-state index is 6.10. The van der Waals surface area contributed by atoms with Crippen molar-refractivity contribution in [3.05, 3.63) is 78.4 Å². The molecule has 1 fully saturated rings. The molecule has 1 atom stereocenters. The van der Waals surface area contributed by atoms with Gasteiger partial charge in [0.15, 0.2) is 0 Å². The fraction of sp³-hybridized carbons (Fsp3) is 0.320. The summed E-state index contributed by atoms with van der Waals surface area (Å²) in [6, 6.07) is 20.5. The smallest absolute Gasteiger partial charge is 0.131 e. The van der Waals surface area contributed by atoms with Crippen LogP contribution in [0.15, 0.2) is 66.9 Å². The van der Waals surface area contributed by atoms with Gasteiger partial charge in [0, 0.05) is 25.3 Å². The normalized spacial score (nSPS) is 17.2. The highest BCUT2D eigenvalue weighted by molar-refractivity contribution is 5.76. The molecule has 32 heavy (non-hydrogen) atoms. The number of para-hydroxylation sites is 2. The number of anilines is 2. The first-order chi connectivity index (χ1) is 15.7. The molecule has 0 amide bonds. The van der Waals surface area contributed by atoms with E-state index in [4.69, 9.17) is 14.7 Å². The summed E-state index contributed by atoms with van der Waals surface area (Å²) < 4.78 is 8.44. The number of hydrogen-bond acceptors (Lipinski definition) is 6. The Kier molecular flexibility index (Phi) is 5.83. The van der Waals surface area contributed by atoms with Gasteiger partial charge in [-0.2, -0.15) is 0 Å². The Morgan fingerprint density at radius 2 is 1.84 bits per heavy atom. The summed E-state index contributed by atoms with van der Waals surface area (Å²) in [6.07, 6.45) is 1.69. The Balaban J connectivity index is 1.33. The molecule has 164 valence electrons. The molecule has 3 aromatic heterocycles. The van der Waals surface area contributed by atoms with Crippen molar-refractivity contribution in [3.63, 3.8) is 0 Å².